The summed E-state index contributed by atoms with van der Waals surface area (Å²) < 4.78 is 41.2. The third-order valence-corrected chi connectivity index (χ3v) is 8.00. The maximum absolute atomic E-state index is 13.5. The summed E-state index contributed by atoms with van der Waals surface area (Å²) in [5, 5.41) is 0.647. The Morgan fingerprint density at radius 2 is 1.68 bits per heavy atom. The van der Waals surface area contributed by atoms with Gasteiger partial charge in [-0.25, -0.2) is 8.42 Å². The van der Waals surface area contributed by atoms with E-state index in [4.69, 9.17) is 9.15 Å². The number of ether oxygens (including phenoxy) is 1. The van der Waals surface area contributed by atoms with Crippen LogP contribution in [0.1, 0.15) is 59.9 Å². The predicted molar refractivity (Wildman–Crippen MR) is 133 cm³/mol. The second-order valence-electron chi connectivity index (χ2n) is 8.85. The average Bonchev–Trinajstić information content (AvgIpc) is 2.97. The highest BCUT2D eigenvalue weighted by Crippen LogP contribution is 2.36. The van der Waals surface area contributed by atoms with E-state index < -0.39 is 10.0 Å². The fourth-order valence-corrected chi connectivity index (χ4v) is 5.99. The van der Waals surface area contributed by atoms with Gasteiger partial charge in [0, 0.05) is 29.7 Å². The van der Waals surface area contributed by atoms with Crippen LogP contribution in [-0.2, 0) is 10.0 Å². The molecule has 0 radical (unpaired) electrons. The summed E-state index contributed by atoms with van der Waals surface area (Å²) in [5.74, 6) is 0.714. The molecule has 4 rings (SSSR count). The van der Waals surface area contributed by atoms with Gasteiger partial charge in [0.1, 0.15) is 10.6 Å². The van der Waals surface area contributed by atoms with Gasteiger partial charge in [-0.15, -0.1) is 0 Å². The number of hydrogen-bond donors (Lipinski definition) is 1. The molecule has 0 saturated carbocycles. The van der Waals surface area contributed by atoms with Gasteiger partial charge in [0.2, 0.25) is 0 Å². The van der Waals surface area contributed by atoms with E-state index in [9.17, 15) is 13.2 Å². The molecule has 1 aliphatic heterocycles. The molecule has 182 valence electrons. The molecular weight excluding hydrogens is 452 g/mol. The SMILES string of the molecule is CCOc1ccc(NS(=O)(=O)c2c(C)c(C)cc3c(C)c(C(=O)N4CCCCCC4)oc23)cc1. The Labute approximate surface area is 201 Å². The van der Waals surface area contributed by atoms with Crippen LogP contribution in [-0.4, -0.2) is 38.9 Å². The fraction of sp³-hybridized carbons (Fsp3) is 0.423. The maximum atomic E-state index is 13.5. The van der Waals surface area contributed by atoms with Crippen molar-refractivity contribution in [3.8, 4) is 5.75 Å². The van der Waals surface area contributed by atoms with Crippen LogP contribution in [0.5, 0.6) is 5.75 Å². The van der Waals surface area contributed by atoms with Crippen LogP contribution in [0, 0.1) is 20.8 Å². The molecular formula is C26H32N2O5S. The number of aryl methyl sites for hydroxylation is 2. The lowest BCUT2D eigenvalue weighted by molar-refractivity contribution is 0.0731. The number of rotatable bonds is 6. The number of amides is 1. The Balaban J connectivity index is 1.76. The largest absolute Gasteiger partial charge is 0.494 e. The summed E-state index contributed by atoms with van der Waals surface area (Å²) in [6.45, 7) is 9.25. The lowest BCUT2D eigenvalue weighted by Crippen LogP contribution is -2.31. The van der Waals surface area contributed by atoms with E-state index >= 15 is 0 Å². The van der Waals surface area contributed by atoms with Crippen LogP contribution >= 0.6 is 0 Å². The maximum Gasteiger partial charge on any atom is 0.289 e. The van der Waals surface area contributed by atoms with E-state index in [0.29, 0.717) is 47.6 Å². The van der Waals surface area contributed by atoms with Gasteiger partial charge in [-0.05, 0) is 82.0 Å². The molecule has 1 fully saturated rings. The third kappa shape index (κ3) is 4.64. The number of nitrogens with one attached hydrogen (secondary N) is 1. The Kier molecular flexibility index (Phi) is 6.89. The van der Waals surface area contributed by atoms with Crippen molar-refractivity contribution in [2.24, 2.45) is 0 Å². The first-order chi connectivity index (χ1) is 16.2. The Hall–Kier alpha value is -3.00. The Morgan fingerprint density at radius 3 is 2.29 bits per heavy atom. The molecule has 0 unspecified atom stereocenters. The van der Waals surface area contributed by atoms with E-state index in [0.717, 1.165) is 31.2 Å². The number of anilines is 1. The van der Waals surface area contributed by atoms with Crippen LogP contribution < -0.4 is 9.46 Å². The van der Waals surface area contributed by atoms with Gasteiger partial charge in [0.15, 0.2) is 11.3 Å². The van der Waals surface area contributed by atoms with Gasteiger partial charge in [-0.3, -0.25) is 9.52 Å². The molecule has 34 heavy (non-hydrogen) atoms. The topological polar surface area (TPSA) is 88.8 Å². The first kappa shape index (κ1) is 24.1. The number of carbonyl (C=O) groups is 1. The summed E-state index contributed by atoms with van der Waals surface area (Å²) in [6.07, 6.45) is 4.16. The van der Waals surface area contributed by atoms with Crippen LogP contribution in [0.4, 0.5) is 5.69 Å². The van der Waals surface area contributed by atoms with Crippen LogP contribution in [0.2, 0.25) is 0 Å². The average molecular weight is 485 g/mol. The zero-order chi connectivity index (χ0) is 24.5. The Bertz CT molecular complexity index is 1300. The molecule has 1 aromatic heterocycles. The molecule has 0 bridgehead atoms. The number of benzene rings is 2. The molecule has 2 heterocycles. The zero-order valence-electron chi connectivity index (χ0n) is 20.2. The fourth-order valence-electron chi connectivity index (χ4n) is 4.48. The van der Waals surface area contributed by atoms with Gasteiger partial charge in [-0.2, -0.15) is 0 Å². The summed E-state index contributed by atoms with van der Waals surface area (Å²) in [6, 6.07) is 8.65. The normalized spacial score (nSPS) is 14.8. The standard InChI is InChI=1S/C26H32N2O5S/c1-5-32-21-12-10-20(11-13-21)27-34(30,31)25-18(3)17(2)16-22-19(4)23(33-24(22)25)26(29)28-14-8-6-7-9-15-28/h10-13,16,27H,5-9,14-15H2,1-4H3. The highest BCUT2D eigenvalue weighted by Gasteiger charge is 2.30. The highest BCUT2D eigenvalue weighted by atomic mass is 32.2. The van der Waals surface area contributed by atoms with E-state index in [2.05, 4.69) is 4.72 Å². The molecule has 3 aromatic rings. The van der Waals surface area contributed by atoms with E-state index in [1.807, 2.05) is 31.7 Å². The van der Waals surface area contributed by atoms with E-state index in [1.54, 1.807) is 31.2 Å². The van der Waals surface area contributed by atoms with Crippen molar-refractivity contribution in [1.82, 2.24) is 4.90 Å². The minimum Gasteiger partial charge on any atom is -0.494 e. The van der Waals surface area contributed by atoms with Crippen molar-refractivity contribution in [2.45, 2.75) is 58.3 Å². The van der Waals surface area contributed by atoms with Crippen molar-refractivity contribution in [1.29, 1.82) is 0 Å². The Morgan fingerprint density at radius 1 is 1.03 bits per heavy atom. The lowest BCUT2D eigenvalue weighted by Gasteiger charge is -2.19. The molecule has 1 amide bonds. The quantitative estimate of drug-likeness (QED) is 0.494. The number of hydrogen-bond acceptors (Lipinski definition) is 5. The van der Waals surface area contributed by atoms with Crippen LogP contribution in [0.3, 0.4) is 0 Å². The summed E-state index contributed by atoms with van der Waals surface area (Å²) in [5.41, 5.74) is 2.72. The molecule has 0 atom stereocenters. The van der Waals surface area contributed by atoms with Gasteiger partial charge < -0.3 is 14.1 Å². The molecule has 1 aliphatic rings. The number of carbonyl (C=O) groups excluding carboxylic acids is 1. The number of likely N-dealkylation sites (tertiary alicyclic amines) is 1. The minimum atomic E-state index is -3.99. The van der Waals surface area contributed by atoms with Gasteiger partial charge in [0.25, 0.3) is 15.9 Å². The second kappa shape index (κ2) is 9.70. The van der Waals surface area contributed by atoms with Crippen LogP contribution in [0.15, 0.2) is 39.6 Å². The van der Waals surface area contributed by atoms with E-state index in [1.165, 1.54) is 0 Å². The molecule has 7 nitrogen and oxygen atoms in total. The number of furan rings is 1. The number of fused-ring (bicyclic) bond motifs is 1. The number of nitrogens with zero attached hydrogens (tertiary/aromatic N) is 1. The zero-order valence-corrected chi connectivity index (χ0v) is 21.0. The van der Waals surface area contributed by atoms with Crippen molar-refractivity contribution >= 4 is 32.6 Å². The smallest absolute Gasteiger partial charge is 0.289 e. The van der Waals surface area contributed by atoms with Gasteiger partial charge >= 0.3 is 0 Å². The molecule has 8 heteroatoms. The summed E-state index contributed by atoms with van der Waals surface area (Å²) in [7, 11) is -3.99. The van der Waals surface area contributed by atoms with Crippen LogP contribution in [0.25, 0.3) is 11.0 Å². The lowest BCUT2D eigenvalue weighted by atomic mass is 10.0. The first-order valence-corrected chi connectivity index (χ1v) is 13.3. The van der Waals surface area contributed by atoms with Crippen molar-refractivity contribution in [2.75, 3.05) is 24.4 Å². The highest BCUT2D eigenvalue weighted by molar-refractivity contribution is 7.93. The molecule has 1 N–H and O–H groups in total. The molecule has 0 aliphatic carbocycles. The molecule has 1 saturated heterocycles. The minimum absolute atomic E-state index is 0.0643. The van der Waals surface area contributed by atoms with Gasteiger partial charge in [0.05, 0.1) is 6.61 Å². The third-order valence-electron chi connectivity index (χ3n) is 6.47. The summed E-state index contributed by atoms with van der Waals surface area (Å²) >= 11 is 0. The second-order valence-corrected chi connectivity index (χ2v) is 10.5. The summed E-state index contributed by atoms with van der Waals surface area (Å²) in [4.78, 5) is 15.2. The van der Waals surface area contributed by atoms with Gasteiger partial charge in [-0.1, -0.05) is 12.8 Å². The van der Waals surface area contributed by atoms with Crippen molar-refractivity contribution < 1.29 is 22.4 Å². The number of sulfonamides is 1. The molecule has 2 aromatic carbocycles. The van der Waals surface area contributed by atoms with Crippen molar-refractivity contribution in [3.05, 3.63) is 52.8 Å². The van der Waals surface area contributed by atoms with Crippen molar-refractivity contribution in [3.63, 3.8) is 0 Å². The predicted octanol–water partition coefficient (Wildman–Crippen LogP) is 5.57. The molecule has 0 spiro atoms. The van der Waals surface area contributed by atoms with E-state index in [-0.39, 0.29) is 22.1 Å². The monoisotopic (exact) mass is 484 g/mol. The first-order valence-electron chi connectivity index (χ1n) is 11.8.